The number of nitrogens with zero attached hydrogens (tertiary/aromatic N) is 4. The fourth-order valence-electron chi connectivity index (χ4n) is 2.37. The van der Waals surface area contributed by atoms with E-state index in [9.17, 15) is 0 Å². The Hall–Kier alpha value is -1.73. The molecule has 96 valence electrons. The molecule has 0 aliphatic carbocycles. The standard InChI is InChI=1S/C11H16N6O/c18-4-3-17-2-1-8(6-17)15-10-9-5-14-16-11(9)13-7-12-10/h5,7-8,18H,1-4,6H2,(H2,12,13,14,15,16). The van der Waals surface area contributed by atoms with Crippen molar-refractivity contribution >= 4 is 16.9 Å². The Morgan fingerprint density at radius 2 is 2.44 bits per heavy atom. The van der Waals surface area contributed by atoms with Crippen LogP contribution in [-0.2, 0) is 0 Å². The van der Waals surface area contributed by atoms with E-state index in [1.807, 2.05) is 0 Å². The van der Waals surface area contributed by atoms with Gasteiger partial charge in [-0.3, -0.25) is 10.00 Å². The second kappa shape index (κ2) is 4.87. The van der Waals surface area contributed by atoms with Crippen molar-refractivity contribution in [2.24, 2.45) is 0 Å². The third-order valence-electron chi connectivity index (χ3n) is 3.28. The maximum atomic E-state index is 8.92. The van der Waals surface area contributed by atoms with Crippen molar-refractivity contribution in [2.45, 2.75) is 12.5 Å². The molecule has 1 fully saturated rings. The number of nitrogens with one attached hydrogen (secondary N) is 2. The van der Waals surface area contributed by atoms with Gasteiger partial charge in [-0.25, -0.2) is 9.97 Å². The Morgan fingerprint density at radius 1 is 1.50 bits per heavy atom. The average molecular weight is 248 g/mol. The third-order valence-corrected chi connectivity index (χ3v) is 3.28. The van der Waals surface area contributed by atoms with Crippen LogP contribution in [0.25, 0.3) is 11.0 Å². The molecule has 3 heterocycles. The first-order valence-electron chi connectivity index (χ1n) is 6.10. The quantitative estimate of drug-likeness (QED) is 0.696. The minimum atomic E-state index is 0.214. The number of aromatic nitrogens is 4. The fraction of sp³-hybridized carbons (Fsp3) is 0.545. The largest absolute Gasteiger partial charge is 0.395 e. The number of anilines is 1. The van der Waals surface area contributed by atoms with Crippen molar-refractivity contribution in [2.75, 3.05) is 31.6 Å². The van der Waals surface area contributed by atoms with Crippen molar-refractivity contribution in [3.05, 3.63) is 12.5 Å². The number of aromatic amines is 1. The van der Waals surface area contributed by atoms with Crippen LogP contribution in [0.3, 0.4) is 0 Å². The van der Waals surface area contributed by atoms with Gasteiger partial charge in [-0.05, 0) is 6.42 Å². The van der Waals surface area contributed by atoms with Gasteiger partial charge in [0.15, 0.2) is 5.65 Å². The van der Waals surface area contributed by atoms with E-state index in [1.54, 1.807) is 6.20 Å². The van der Waals surface area contributed by atoms with Gasteiger partial charge in [0.05, 0.1) is 18.2 Å². The van der Waals surface area contributed by atoms with Crippen molar-refractivity contribution in [1.82, 2.24) is 25.1 Å². The van der Waals surface area contributed by atoms with E-state index in [2.05, 4.69) is 30.4 Å². The molecule has 1 atom stereocenters. The van der Waals surface area contributed by atoms with Crippen LogP contribution in [0.1, 0.15) is 6.42 Å². The zero-order chi connectivity index (χ0) is 12.4. The molecule has 1 aliphatic rings. The lowest BCUT2D eigenvalue weighted by Crippen LogP contribution is -2.28. The number of likely N-dealkylation sites (tertiary alicyclic amines) is 1. The lowest BCUT2D eigenvalue weighted by Gasteiger charge is -2.15. The highest BCUT2D eigenvalue weighted by molar-refractivity contribution is 5.85. The molecule has 1 aliphatic heterocycles. The lowest BCUT2D eigenvalue weighted by molar-refractivity contribution is 0.221. The van der Waals surface area contributed by atoms with Gasteiger partial charge >= 0.3 is 0 Å². The molecule has 0 saturated carbocycles. The monoisotopic (exact) mass is 248 g/mol. The average Bonchev–Trinajstić information content (AvgIpc) is 2.99. The molecule has 3 rings (SSSR count). The number of β-amino-alcohol motifs (C(OH)–C–C–N with tert-alkyl or cyclic N) is 1. The Kier molecular flexibility index (Phi) is 3.07. The van der Waals surface area contributed by atoms with Gasteiger partial charge < -0.3 is 10.4 Å². The van der Waals surface area contributed by atoms with Crippen LogP contribution in [0.15, 0.2) is 12.5 Å². The van der Waals surface area contributed by atoms with Gasteiger partial charge in [0, 0.05) is 25.7 Å². The van der Waals surface area contributed by atoms with Gasteiger partial charge in [-0.1, -0.05) is 0 Å². The molecule has 7 heteroatoms. The summed E-state index contributed by atoms with van der Waals surface area (Å²) in [6.45, 7) is 2.90. The minimum absolute atomic E-state index is 0.214. The van der Waals surface area contributed by atoms with E-state index in [0.717, 1.165) is 42.9 Å². The molecule has 18 heavy (non-hydrogen) atoms. The SMILES string of the molecule is OCCN1CCC(Nc2ncnc3[nH]ncc23)C1. The van der Waals surface area contributed by atoms with E-state index in [0.29, 0.717) is 6.04 Å². The van der Waals surface area contributed by atoms with E-state index >= 15 is 0 Å². The van der Waals surface area contributed by atoms with Crippen molar-refractivity contribution in [3.8, 4) is 0 Å². The topological polar surface area (TPSA) is 90.0 Å². The van der Waals surface area contributed by atoms with Crippen molar-refractivity contribution in [1.29, 1.82) is 0 Å². The second-order valence-electron chi connectivity index (χ2n) is 4.51. The first-order valence-corrected chi connectivity index (χ1v) is 6.10. The maximum absolute atomic E-state index is 8.92. The zero-order valence-corrected chi connectivity index (χ0v) is 10.0. The second-order valence-corrected chi connectivity index (χ2v) is 4.51. The van der Waals surface area contributed by atoms with Crippen LogP contribution in [0, 0.1) is 0 Å². The summed E-state index contributed by atoms with van der Waals surface area (Å²) in [6.07, 6.45) is 4.32. The first-order chi connectivity index (χ1) is 8.86. The Balaban J connectivity index is 1.71. The van der Waals surface area contributed by atoms with E-state index in [4.69, 9.17) is 5.11 Å². The molecule has 7 nitrogen and oxygen atoms in total. The van der Waals surface area contributed by atoms with Gasteiger partial charge in [-0.2, -0.15) is 5.10 Å². The maximum Gasteiger partial charge on any atom is 0.160 e. The van der Waals surface area contributed by atoms with Crippen LogP contribution in [0.2, 0.25) is 0 Å². The molecule has 0 bridgehead atoms. The van der Waals surface area contributed by atoms with Crippen LogP contribution in [0.4, 0.5) is 5.82 Å². The molecule has 2 aromatic heterocycles. The Bertz CT molecular complexity index is 527. The number of hydrogen-bond acceptors (Lipinski definition) is 6. The summed E-state index contributed by atoms with van der Waals surface area (Å²) >= 11 is 0. The summed E-state index contributed by atoms with van der Waals surface area (Å²) in [5.74, 6) is 0.824. The highest BCUT2D eigenvalue weighted by Gasteiger charge is 2.22. The summed E-state index contributed by atoms with van der Waals surface area (Å²) < 4.78 is 0. The van der Waals surface area contributed by atoms with Crippen molar-refractivity contribution in [3.63, 3.8) is 0 Å². The van der Waals surface area contributed by atoms with Gasteiger partial charge in [0.25, 0.3) is 0 Å². The first kappa shape index (κ1) is 11.4. The number of fused-ring (bicyclic) bond motifs is 1. The molecule has 1 unspecified atom stereocenters. The smallest absolute Gasteiger partial charge is 0.160 e. The predicted molar refractivity (Wildman–Crippen MR) is 67.2 cm³/mol. The summed E-state index contributed by atoms with van der Waals surface area (Å²) in [4.78, 5) is 10.6. The molecular weight excluding hydrogens is 232 g/mol. The van der Waals surface area contributed by atoms with Crippen LogP contribution >= 0.6 is 0 Å². The summed E-state index contributed by atoms with van der Waals surface area (Å²) in [5, 5.41) is 20.1. The van der Waals surface area contributed by atoms with E-state index in [-0.39, 0.29) is 6.61 Å². The molecule has 2 aromatic rings. The molecule has 0 radical (unpaired) electrons. The summed E-state index contributed by atoms with van der Waals surface area (Å²) in [6, 6.07) is 0.365. The third kappa shape index (κ3) is 2.14. The van der Waals surface area contributed by atoms with Crippen LogP contribution < -0.4 is 5.32 Å². The van der Waals surface area contributed by atoms with Gasteiger partial charge in [-0.15, -0.1) is 0 Å². The van der Waals surface area contributed by atoms with Crippen LogP contribution in [0.5, 0.6) is 0 Å². The number of hydrogen-bond donors (Lipinski definition) is 3. The minimum Gasteiger partial charge on any atom is -0.395 e. The normalized spacial score (nSPS) is 20.6. The van der Waals surface area contributed by atoms with E-state index < -0.39 is 0 Å². The van der Waals surface area contributed by atoms with Crippen molar-refractivity contribution < 1.29 is 5.11 Å². The zero-order valence-electron chi connectivity index (χ0n) is 10.0. The summed E-state index contributed by atoms with van der Waals surface area (Å²) in [7, 11) is 0. The Morgan fingerprint density at radius 3 is 3.33 bits per heavy atom. The highest BCUT2D eigenvalue weighted by Crippen LogP contribution is 2.20. The Labute approximate surface area is 104 Å². The number of H-pyrrole nitrogens is 1. The lowest BCUT2D eigenvalue weighted by atomic mass is 10.2. The number of rotatable bonds is 4. The molecule has 3 N–H and O–H groups in total. The highest BCUT2D eigenvalue weighted by atomic mass is 16.3. The predicted octanol–water partition coefficient (Wildman–Crippen LogP) is -0.169. The van der Waals surface area contributed by atoms with E-state index in [1.165, 1.54) is 6.33 Å². The van der Waals surface area contributed by atoms with Gasteiger partial charge in [0.2, 0.25) is 0 Å². The van der Waals surface area contributed by atoms with Crippen LogP contribution in [-0.4, -0.2) is 62.5 Å². The number of aliphatic hydroxyl groups is 1. The number of aliphatic hydroxyl groups excluding tert-OH is 1. The molecular formula is C11H16N6O. The molecule has 1 saturated heterocycles. The summed E-state index contributed by atoms with van der Waals surface area (Å²) in [5.41, 5.74) is 0.748. The molecule has 0 spiro atoms. The van der Waals surface area contributed by atoms with Gasteiger partial charge in [0.1, 0.15) is 12.1 Å². The molecule has 0 aromatic carbocycles. The molecule has 0 amide bonds. The fourth-order valence-corrected chi connectivity index (χ4v) is 2.37.